The molecule has 0 spiro atoms. The lowest BCUT2D eigenvalue weighted by molar-refractivity contribution is 0.0358. The van der Waals surface area contributed by atoms with Crippen LogP contribution in [0.4, 0.5) is 4.39 Å². The quantitative estimate of drug-likeness (QED) is 0.660. The number of benzene rings is 1. The molecule has 2 heterocycles. The molecule has 2 unspecified atom stereocenters. The predicted molar refractivity (Wildman–Crippen MR) is 69.8 cm³/mol. The van der Waals surface area contributed by atoms with Crippen LogP contribution in [0.2, 0.25) is 0 Å². The summed E-state index contributed by atoms with van der Waals surface area (Å²) in [5, 5.41) is 0.756. The first-order valence-electron chi connectivity index (χ1n) is 6.51. The summed E-state index contributed by atoms with van der Waals surface area (Å²) >= 11 is 0. The summed E-state index contributed by atoms with van der Waals surface area (Å²) in [6.07, 6.45) is 2.07. The van der Waals surface area contributed by atoms with Gasteiger partial charge in [-0.25, -0.2) is 9.82 Å². The molecule has 5 heteroatoms. The maximum absolute atomic E-state index is 13.2. The minimum absolute atomic E-state index is 0.101. The summed E-state index contributed by atoms with van der Waals surface area (Å²) < 4.78 is 24.4. The van der Waals surface area contributed by atoms with E-state index in [1.165, 1.54) is 12.1 Å². The van der Waals surface area contributed by atoms with E-state index < -0.39 is 0 Å². The summed E-state index contributed by atoms with van der Waals surface area (Å²) in [4.78, 5) is 0. The third-order valence-electron chi connectivity index (χ3n) is 3.65. The van der Waals surface area contributed by atoms with Gasteiger partial charge in [0.15, 0.2) is 0 Å². The fourth-order valence-corrected chi connectivity index (χ4v) is 2.67. The lowest BCUT2D eigenvalue weighted by Gasteiger charge is -2.28. The number of nitrogens with one attached hydrogen (secondary N) is 1. The Morgan fingerprint density at radius 2 is 2.26 bits per heavy atom. The number of ether oxygens (including phenoxy) is 1. The monoisotopic (exact) mass is 264 g/mol. The lowest BCUT2D eigenvalue weighted by Crippen LogP contribution is -2.37. The average molecular weight is 264 g/mol. The number of nitrogens with two attached hydrogens (primary N) is 1. The minimum Gasteiger partial charge on any atom is -0.459 e. The van der Waals surface area contributed by atoms with Crippen molar-refractivity contribution in [2.75, 3.05) is 13.2 Å². The van der Waals surface area contributed by atoms with Crippen molar-refractivity contribution in [2.24, 2.45) is 11.8 Å². The smallest absolute Gasteiger partial charge is 0.134 e. The van der Waals surface area contributed by atoms with Crippen LogP contribution >= 0.6 is 0 Å². The van der Waals surface area contributed by atoms with Crippen molar-refractivity contribution in [2.45, 2.75) is 18.9 Å². The van der Waals surface area contributed by atoms with Crippen LogP contribution in [-0.4, -0.2) is 13.2 Å². The van der Waals surface area contributed by atoms with Crippen molar-refractivity contribution < 1.29 is 13.5 Å². The van der Waals surface area contributed by atoms with Crippen LogP contribution in [-0.2, 0) is 4.74 Å². The molecule has 102 valence electrons. The molecule has 0 aliphatic carbocycles. The van der Waals surface area contributed by atoms with E-state index in [1.54, 1.807) is 6.07 Å². The fourth-order valence-electron chi connectivity index (χ4n) is 2.67. The summed E-state index contributed by atoms with van der Waals surface area (Å²) in [5.74, 6) is 6.40. The van der Waals surface area contributed by atoms with E-state index in [2.05, 4.69) is 5.43 Å². The second-order valence-corrected chi connectivity index (χ2v) is 4.95. The molecular formula is C14H17FN2O2. The van der Waals surface area contributed by atoms with E-state index in [0.717, 1.165) is 30.6 Å². The van der Waals surface area contributed by atoms with Gasteiger partial charge in [0, 0.05) is 17.9 Å². The van der Waals surface area contributed by atoms with Crippen LogP contribution in [0.1, 0.15) is 24.6 Å². The summed E-state index contributed by atoms with van der Waals surface area (Å²) in [7, 11) is 0. The third kappa shape index (κ3) is 2.49. The minimum atomic E-state index is -0.266. The molecule has 1 fully saturated rings. The van der Waals surface area contributed by atoms with Crippen molar-refractivity contribution in [1.29, 1.82) is 0 Å². The standard InChI is InChI=1S/C14H17FN2O2/c15-11-3-4-12-10(6-11)7-13(19-12)14(17-16)9-2-1-5-18-8-9/h3-4,6-7,9,14,17H,1-2,5,8,16H2. The first-order chi connectivity index (χ1) is 9.28. The highest BCUT2D eigenvalue weighted by molar-refractivity contribution is 5.78. The van der Waals surface area contributed by atoms with Crippen LogP contribution in [0, 0.1) is 11.7 Å². The van der Waals surface area contributed by atoms with E-state index in [1.807, 2.05) is 6.07 Å². The van der Waals surface area contributed by atoms with Gasteiger partial charge in [0.25, 0.3) is 0 Å². The summed E-state index contributed by atoms with van der Waals surface area (Å²) in [5.41, 5.74) is 3.47. The van der Waals surface area contributed by atoms with Gasteiger partial charge in [0.2, 0.25) is 0 Å². The highest BCUT2D eigenvalue weighted by atomic mass is 19.1. The third-order valence-corrected chi connectivity index (χ3v) is 3.65. The Labute approximate surface area is 110 Å². The Kier molecular flexibility index (Phi) is 3.50. The largest absolute Gasteiger partial charge is 0.459 e. The number of furan rings is 1. The SMILES string of the molecule is NNC(c1cc2cc(F)ccc2o1)C1CCCOC1. The second-order valence-electron chi connectivity index (χ2n) is 4.95. The van der Waals surface area contributed by atoms with Crippen molar-refractivity contribution in [3.05, 3.63) is 35.8 Å². The van der Waals surface area contributed by atoms with Crippen LogP contribution in [0.3, 0.4) is 0 Å². The van der Waals surface area contributed by atoms with Gasteiger partial charge in [-0.3, -0.25) is 5.84 Å². The summed E-state index contributed by atoms with van der Waals surface area (Å²) in [6, 6.07) is 6.24. The van der Waals surface area contributed by atoms with E-state index in [0.29, 0.717) is 12.2 Å². The molecule has 1 aromatic carbocycles. The van der Waals surface area contributed by atoms with Crippen LogP contribution in [0.25, 0.3) is 11.0 Å². The van der Waals surface area contributed by atoms with Crippen LogP contribution in [0.15, 0.2) is 28.7 Å². The second kappa shape index (κ2) is 5.28. The highest BCUT2D eigenvalue weighted by Gasteiger charge is 2.27. The van der Waals surface area contributed by atoms with Crippen LogP contribution < -0.4 is 11.3 Å². The first kappa shape index (κ1) is 12.6. The van der Waals surface area contributed by atoms with Crippen molar-refractivity contribution in [3.63, 3.8) is 0 Å². The fraction of sp³-hybridized carbons (Fsp3) is 0.429. The normalized spacial score (nSPS) is 21.7. The van der Waals surface area contributed by atoms with Gasteiger partial charge in [0.05, 0.1) is 12.6 Å². The zero-order valence-electron chi connectivity index (χ0n) is 10.6. The van der Waals surface area contributed by atoms with Crippen molar-refractivity contribution in [3.8, 4) is 0 Å². The topological polar surface area (TPSA) is 60.4 Å². The van der Waals surface area contributed by atoms with Gasteiger partial charge in [-0.05, 0) is 37.1 Å². The number of rotatable bonds is 3. The molecule has 1 aliphatic heterocycles. The molecule has 0 saturated carbocycles. The van der Waals surface area contributed by atoms with Gasteiger partial charge < -0.3 is 9.15 Å². The Morgan fingerprint density at radius 1 is 1.37 bits per heavy atom. The van der Waals surface area contributed by atoms with Gasteiger partial charge in [-0.2, -0.15) is 0 Å². The molecule has 3 rings (SSSR count). The van der Waals surface area contributed by atoms with E-state index in [4.69, 9.17) is 15.0 Å². The average Bonchev–Trinajstić information content (AvgIpc) is 2.83. The lowest BCUT2D eigenvalue weighted by atomic mass is 9.92. The molecule has 1 saturated heterocycles. The van der Waals surface area contributed by atoms with Crippen LogP contribution in [0.5, 0.6) is 0 Å². The summed E-state index contributed by atoms with van der Waals surface area (Å²) in [6.45, 7) is 1.47. The first-order valence-corrected chi connectivity index (χ1v) is 6.51. The molecule has 2 atom stereocenters. The zero-order chi connectivity index (χ0) is 13.2. The van der Waals surface area contributed by atoms with Gasteiger partial charge in [-0.15, -0.1) is 0 Å². The Balaban J connectivity index is 1.91. The molecule has 3 N–H and O–H groups in total. The Bertz CT molecular complexity index is 564. The van der Waals surface area contributed by atoms with E-state index in [-0.39, 0.29) is 17.8 Å². The molecule has 1 aromatic heterocycles. The number of hydrogen-bond donors (Lipinski definition) is 2. The molecule has 0 radical (unpaired) electrons. The Hall–Kier alpha value is -1.43. The number of halogens is 1. The molecule has 4 nitrogen and oxygen atoms in total. The van der Waals surface area contributed by atoms with Gasteiger partial charge >= 0.3 is 0 Å². The molecule has 2 aromatic rings. The maximum atomic E-state index is 13.2. The molecule has 19 heavy (non-hydrogen) atoms. The maximum Gasteiger partial charge on any atom is 0.134 e. The zero-order valence-corrected chi connectivity index (χ0v) is 10.6. The number of hydrogen-bond acceptors (Lipinski definition) is 4. The molecule has 0 amide bonds. The van der Waals surface area contributed by atoms with Crippen molar-refractivity contribution >= 4 is 11.0 Å². The van der Waals surface area contributed by atoms with Gasteiger partial charge in [-0.1, -0.05) is 0 Å². The highest BCUT2D eigenvalue weighted by Crippen LogP contribution is 2.32. The number of hydrazine groups is 1. The molecule has 0 bridgehead atoms. The molecule has 1 aliphatic rings. The van der Waals surface area contributed by atoms with E-state index in [9.17, 15) is 4.39 Å². The van der Waals surface area contributed by atoms with E-state index >= 15 is 0 Å². The molecular weight excluding hydrogens is 247 g/mol. The number of fused-ring (bicyclic) bond motifs is 1. The van der Waals surface area contributed by atoms with Crippen molar-refractivity contribution in [1.82, 2.24) is 5.43 Å². The van der Waals surface area contributed by atoms with Gasteiger partial charge in [0.1, 0.15) is 17.2 Å². The Morgan fingerprint density at radius 3 is 3.00 bits per heavy atom. The predicted octanol–water partition coefficient (Wildman–Crippen LogP) is 2.50.